The van der Waals surface area contributed by atoms with E-state index in [2.05, 4.69) is 4.98 Å². The molecular formula is C10H16N2O2S. The lowest BCUT2D eigenvalue weighted by Crippen LogP contribution is -2.21. The van der Waals surface area contributed by atoms with Gasteiger partial charge in [0.05, 0.1) is 0 Å². The first-order chi connectivity index (χ1) is 6.96. The predicted octanol–water partition coefficient (Wildman–Crippen LogP) is 1.33. The summed E-state index contributed by atoms with van der Waals surface area (Å²) >= 11 is 0. The summed E-state index contributed by atoms with van der Waals surface area (Å²) < 4.78 is 23.0. The van der Waals surface area contributed by atoms with Crippen molar-refractivity contribution in [3.8, 4) is 0 Å². The second-order valence-electron chi connectivity index (χ2n) is 3.52. The molecule has 15 heavy (non-hydrogen) atoms. The first-order valence-corrected chi connectivity index (χ1v) is 6.72. The van der Waals surface area contributed by atoms with Crippen LogP contribution in [0.15, 0.2) is 23.2 Å². The van der Waals surface area contributed by atoms with Crippen LogP contribution in [0.2, 0.25) is 0 Å². The largest absolute Gasteiger partial charge is 0.359 e. The average Bonchev–Trinajstić information content (AvgIpc) is 2.17. The van der Waals surface area contributed by atoms with Gasteiger partial charge >= 0.3 is 0 Å². The lowest BCUT2D eigenvalue weighted by molar-refractivity contribution is 0.601. The van der Waals surface area contributed by atoms with Crippen LogP contribution in [0.4, 0.5) is 5.82 Å². The Labute approximate surface area is 90.9 Å². The molecule has 1 rings (SSSR count). The van der Waals surface area contributed by atoms with E-state index < -0.39 is 9.84 Å². The van der Waals surface area contributed by atoms with Gasteiger partial charge in [-0.25, -0.2) is 13.4 Å². The van der Waals surface area contributed by atoms with E-state index in [-0.39, 0.29) is 0 Å². The van der Waals surface area contributed by atoms with Crippen molar-refractivity contribution in [1.29, 1.82) is 0 Å². The minimum Gasteiger partial charge on any atom is -0.359 e. The number of aromatic nitrogens is 1. The molecule has 0 aromatic carbocycles. The van der Waals surface area contributed by atoms with Crippen molar-refractivity contribution in [2.45, 2.75) is 18.2 Å². The van der Waals surface area contributed by atoms with Gasteiger partial charge in [0, 0.05) is 26.0 Å². The Hall–Kier alpha value is -1.10. The summed E-state index contributed by atoms with van der Waals surface area (Å²) in [5, 5.41) is 0. The molecule has 0 aliphatic carbocycles. The Morgan fingerprint density at radius 2 is 2.13 bits per heavy atom. The van der Waals surface area contributed by atoms with E-state index in [9.17, 15) is 8.42 Å². The van der Waals surface area contributed by atoms with E-state index in [1.165, 1.54) is 6.26 Å². The van der Waals surface area contributed by atoms with Gasteiger partial charge in [0.2, 0.25) is 0 Å². The van der Waals surface area contributed by atoms with Crippen LogP contribution >= 0.6 is 0 Å². The normalized spacial score (nSPS) is 11.4. The second-order valence-corrected chi connectivity index (χ2v) is 5.50. The minimum absolute atomic E-state index is 0.293. The standard InChI is InChI=1S/C10H16N2O2S/c1-4-8-12(2)10-9(15(3,13)14)6-5-7-11-10/h5-7H,4,8H2,1-3H3. The van der Waals surface area contributed by atoms with Gasteiger partial charge in [0.15, 0.2) is 9.84 Å². The van der Waals surface area contributed by atoms with E-state index in [0.717, 1.165) is 13.0 Å². The zero-order valence-electron chi connectivity index (χ0n) is 9.27. The van der Waals surface area contributed by atoms with Gasteiger partial charge in [0.1, 0.15) is 10.7 Å². The van der Waals surface area contributed by atoms with E-state index in [4.69, 9.17) is 0 Å². The summed E-state index contributed by atoms with van der Waals surface area (Å²) in [4.78, 5) is 6.26. The third-order valence-corrected chi connectivity index (χ3v) is 3.19. The van der Waals surface area contributed by atoms with Crippen molar-refractivity contribution in [1.82, 2.24) is 4.98 Å². The molecule has 0 aliphatic rings. The Balaban J connectivity index is 3.18. The van der Waals surface area contributed by atoms with Crippen LogP contribution in [0.1, 0.15) is 13.3 Å². The number of pyridine rings is 1. The third-order valence-electron chi connectivity index (χ3n) is 2.07. The highest BCUT2D eigenvalue weighted by Gasteiger charge is 2.16. The Kier molecular flexibility index (Phi) is 3.68. The fourth-order valence-electron chi connectivity index (χ4n) is 1.40. The maximum Gasteiger partial charge on any atom is 0.179 e. The molecule has 0 spiro atoms. The first kappa shape index (κ1) is 12.0. The summed E-state index contributed by atoms with van der Waals surface area (Å²) in [6, 6.07) is 3.23. The predicted molar refractivity (Wildman–Crippen MR) is 60.9 cm³/mol. The van der Waals surface area contributed by atoms with Crippen molar-refractivity contribution in [2.75, 3.05) is 24.7 Å². The molecule has 1 aromatic heterocycles. The fourth-order valence-corrected chi connectivity index (χ4v) is 2.27. The number of sulfone groups is 1. The maximum atomic E-state index is 11.5. The Bertz CT molecular complexity index is 429. The SMILES string of the molecule is CCCN(C)c1ncccc1S(C)(=O)=O. The lowest BCUT2D eigenvalue weighted by atomic mass is 10.4. The number of rotatable bonds is 4. The van der Waals surface area contributed by atoms with Crippen LogP contribution in [0.3, 0.4) is 0 Å². The van der Waals surface area contributed by atoms with Gasteiger partial charge in [-0.3, -0.25) is 0 Å². The molecule has 0 amide bonds. The molecule has 84 valence electrons. The summed E-state index contributed by atoms with van der Waals surface area (Å²) in [6.07, 6.45) is 3.76. The van der Waals surface area contributed by atoms with E-state index >= 15 is 0 Å². The van der Waals surface area contributed by atoms with Gasteiger partial charge in [-0.05, 0) is 18.6 Å². The molecule has 0 saturated carbocycles. The summed E-state index contributed by atoms with van der Waals surface area (Å²) in [7, 11) is -1.35. The molecule has 5 heteroatoms. The molecule has 1 aromatic rings. The zero-order chi connectivity index (χ0) is 11.5. The highest BCUT2D eigenvalue weighted by atomic mass is 32.2. The van der Waals surface area contributed by atoms with Crippen LogP contribution < -0.4 is 4.90 Å². The van der Waals surface area contributed by atoms with Crippen molar-refractivity contribution >= 4 is 15.7 Å². The minimum atomic E-state index is -3.20. The van der Waals surface area contributed by atoms with Crippen LogP contribution in [-0.2, 0) is 9.84 Å². The highest BCUT2D eigenvalue weighted by Crippen LogP contribution is 2.20. The first-order valence-electron chi connectivity index (χ1n) is 4.83. The smallest absolute Gasteiger partial charge is 0.179 e. The molecule has 0 aliphatic heterocycles. The van der Waals surface area contributed by atoms with Crippen LogP contribution in [0.25, 0.3) is 0 Å². The fraction of sp³-hybridized carbons (Fsp3) is 0.500. The molecule has 0 bridgehead atoms. The van der Waals surface area contributed by atoms with E-state index in [1.807, 2.05) is 18.9 Å². The molecule has 0 atom stereocenters. The summed E-state index contributed by atoms with van der Waals surface area (Å²) in [5.41, 5.74) is 0. The van der Waals surface area contributed by atoms with Crippen LogP contribution in [0, 0.1) is 0 Å². The molecule has 0 fully saturated rings. The number of hydrogen-bond acceptors (Lipinski definition) is 4. The third kappa shape index (κ3) is 2.92. The van der Waals surface area contributed by atoms with Crippen molar-refractivity contribution < 1.29 is 8.42 Å². The average molecular weight is 228 g/mol. The quantitative estimate of drug-likeness (QED) is 0.780. The van der Waals surface area contributed by atoms with Crippen molar-refractivity contribution in [2.24, 2.45) is 0 Å². The van der Waals surface area contributed by atoms with E-state index in [1.54, 1.807) is 18.3 Å². The molecular weight excluding hydrogens is 212 g/mol. The number of nitrogens with zero attached hydrogens (tertiary/aromatic N) is 2. The monoisotopic (exact) mass is 228 g/mol. The topological polar surface area (TPSA) is 50.3 Å². The van der Waals surface area contributed by atoms with Gasteiger partial charge < -0.3 is 4.90 Å². The molecule has 4 nitrogen and oxygen atoms in total. The lowest BCUT2D eigenvalue weighted by Gasteiger charge is -2.19. The molecule has 1 heterocycles. The number of anilines is 1. The van der Waals surface area contributed by atoms with Gasteiger partial charge in [0.25, 0.3) is 0 Å². The van der Waals surface area contributed by atoms with Crippen LogP contribution in [0.5, 0.6) is 0 Å². The molecule has 0 N–H and O–H groups in total. The molecule has 0 radical (unpaired) electrons. The van der Waals surface area contributed by atoms with Gasteiger partial charge in [-0.15, -0.1) is 0 Å². The van der Waals surface area contributed by atoms with Gasteiger partial charge in [-0.1, -0.05) is 6.92 Å². The highest BCUT2D eigenvalue weighted by molar-refractivity contribution is 7.90. The van der Waals surface area contributed by atoms with Crippen molar-refractivity contribution in [3.05, 3.63) is 18.3 Å². The number of hydrogen-bond donors (Lipinski definition) is 0. The van der Waals surface area contributed by atoms with Crippen LogP contribution in [-0.4, -0.2) is 33.2 Å². The maximum absolute atomic E-state index is 11.5. The van der Waals surface area contributed by atoms with Gasteiger partial charge in [-0.2, -0.15) is 0 Å². The Morgan fingerprint density at radius 1 is 1.47 bits per heavy atom. The molecule has 0 saturated heterocycles. The summed E-state index contributed by atoms with van der Waals surface area (Å²) in [5.74, 6) is 0.529. The Morgan fingerprint density at radius 3 is 2.67 bits per heavy atom. The summed E-state index contributed by atoms with van der Waals surface area (Å²) in [6.45, 7) is 2.83. The molecule has 0 unspecified atom stereocenters. The zero-order valence-corrected chi connectivity index (χ0v) is 10.1. The second kappa shape index (κ2) is 4.61. The van der Waals surface area contributed by atoms with Crippen molar-refractivity contribution in [3.63, 3.8) is 0 Å². The van der Waals surface area contributed by atoms with E-state index in [0.29, 0.717) is 10.7 Å².